The zero-order valence-corrected chi connectivity index (χ0v) is 9.79. The van der Waals surface area contributed by atoms with Gasteiger partial charge < -0.3 is 10.4 Å². The molecule has 84 valence electrons. The predicted octanol–water partition coefficient (Wildman–Crippen LogP) is 1.90. The van der Waals surface area contributed by atoms with Crippen LogP contribution in [0.4, 0.5) is 0 Å². The van der Waals surface area contributed by atoms with E-state index in [0.29, 0.717) is 12.3 Å². The molecule has 0 heterocycles. The summed E-state index contributed by atoms with van der Waals surface area (Å²) in [7, 11) is 1.63. The monoisotopic (exact) mass is 202 g/mol. The van der Waals surface area contributed by atoms with Crippen molar-refractivity contribution >= 4 is 11.8 Å². The second-order valence-corrected chi connectivity index (χ2v) is 2.63. The molecule has 0 aliphatic heterocycles. The molecule has 0 bridgehead atoms. The number of rotatable bonds is 4. The van der Waals surface area contributed by atoms with Crippen molar-refractivity contribution in [3.05, 3.63) is 0 Å². The minimum Gasteiger partial charge on any atom is -0.480 e. The molecule has 0 spiro atoms. The van der Waals surface area contributed by atoms with Crippen molar-refractivity contribution in [2.75, 3.05) is 7.05 Å². The molecular weight excluding hydrogens is 180 g/mol. The third-order valence-electron chi connectivity index (χ3n) is 1.59. The Morgan fingerprint density at radius 2 is 2.00 bits per heavy atom. The summed E-state index contributed by atoms with van der Waals surface area (Å²) in [6.07, 6.45) is 1.48. The lowest BCUT2D eigenvalue weighted by atomic mass is 10.2. The van der Waals surface area contributed by atoms with E-state index in [4.69, 9.17) is 5.11 Å². The van der Waals surface area contributed by atoms with E-state index < -0.39 is 12.0 Å². The summed E-state index contributed by atoms with van der Waals surface area (Å²) in [5, 5.41) is 11.5. The fourth-order valence-electron chi connectivity index (χ4n) is 0.863. The third-order valence-corrected chi connectivity index (χ3v) is 1.59. The molecule has 1 unspecified atom stereocenters. The zero-order chi connectivity index (χ0) is 11.6. The van der Waals surface area contributed by atoms with Gasteiger partial charge >= 0.3 is 5.97 Å². The van der Waals surface area contributed by atoms with Crippen LogP contribution in [-0.2, 0) is 4.79 Å². The highest BCUT2D eigenvalue weighted by Gasteiger charge is 2.15. The molecule has 4 heteroatoms. The second-order valence-electron chi connectivity index (χ2n) is 2.63. The molecule has 0 saturated carbocycles. The molecule has 0 radical (unpaired) electrons. The van der Waals surface area contributed by atoms with Gasteiger partial charge in [0.15, 0.2) is 0 Å². The van der Waals surface area contributed by atoms with Crippen molar-refractivity contribution in [3.63, 3.8) is 0 Å². The van der Waals surface area contributed by atoms with Crippen LogP contribution in [0.1, 0.15) is 40.5 Å². The van der Waals surface area contributed by atoms with Crippen LogP contribution < -0.4 is 5.32 Å². The minimum absolute atomic E-state index is 0.501. The highest BCUT2D eigenvalue weighted by Crippen LogP contribution is 1.96. The van der Waals surface area contributed by atoms with Gasteiger partial charge in [-0.3, -0.25) is 4.99 Å². The molecular formula is C10H22N2O2. The molecule has 4 nitrogen and oxygen atoms in total. The molecule has 0 amide bonds. The van der Waals surface area contributed by atoms with Crippen molar-refractivity contribution in [1.29, 1.82) is 0 Å². The van der Waals surface area contributed by atoms with Crippen LogP contribution in [0.15, 0.2) is 4.99 Å². The Bertz CT molecular complexity index is 179. The summed E-state index contributed by atoms with van der Waals surface area (Å²) in [5.74, 6) is -0.157. The fourth-order valence-corrected chi connectivity index (χ4v) is 0.863. The van der Waals surface area contributed by atoms with Crippen LogP contribution in [-0.4, -0.2) is 30.0 Å². The first-order valence-electron chi connectivity index (χ1n) is 5.04. The Kier molecular flexibility index (Phi) is 11.0. The van der Waals surface area contributed by atoms with Gasteiger partial charge in [-0.15, -0.1) is 0 Å². The van der Waals surface area contributed by atoms with Gasteiger partial charge in [-0.25, -0.2) is 4.79 Å². The largest absolute Gasteiger partial charge is 0.480 e. The van der Waals surface area contributed by atoms with Crippen LogP contribution in [0.5, 0.6) is 0 Å². The molecule has 0 aliphatic rings. The number of hydrogen-bond donors (Lipinski definition) is 2. The topological polar surface area (TPSA) is 61.7 Å². The van der Waals surface area contributed by atoms with Crippen LogP contribution in [0.3, 0.4) is 0 Å². The molecule has 0 saturated heterocycles. The summed E-state index contributed by atoms with van der Waals surface area (Å²) in [4.78, 5) is 14.5. The first-order chi connectivity index (χ1) is 6.61. The smallest absolute Gasteiger partial charge is 0.326 e. The summed E-state index contributed by atoms with van der Waals surface area (Å²) in [5.41, 5.74) is 0. The second kappa shape index (κ2) is 10.0. The van der Waals surface area contributed by atoms with Crippen molar-refractivity contribution in [1.82, 2.24) is 5.32 Å². The molecule has 1 atom stereocenters. The Labute approximate surface area is 86.4 Å². The maximum Gasteiger partial charge on any atom is 0.326 e. The quantitative estimate of drug-likeness (QED) is 0.540. The molecule has 0 fully saturated rings. The van der Waals surface area contributed by atoms with E-state index in [1.54, 1.807) is 14.0 Å². The first-order valence-corrected chi connectivity index (χ1v) is 5.04. The number of carbonyl (C=O) groups is 1. The number of aliphatic imine (C=N–C) groups is 1. The Balaban J connectivity index is 0. The van der Waals surface area contributed by atoms with Crippen molar-refractivity contribution in [2.45, 2.75) is 46.6 Å². The van der Waals surface area contributed by atoms with Gasteiger partial charge in [-0.05, 0) is 13.3 Å². The number of amidine groups is 1. The zero-order valence-electron chi connectivity index (χ0n) is 9.79. The molecule has 0 rings (SSSR count). The normalized spacial score (nSPS) is 12.5. The van der Waals surface area contributed by atoms with Crippen molar-refractivity contribution < 1.29 is 9.90 Å². The Morgan fingerprint density at radius 1 is 1.50 bits per heavy atom. The van der Waals surface area contributed by atoms with E-state index in [-0.39, 0.29) is 0 Å². The molecule has 0 aromatic heterocycles. The number of carboxylic acids is 1. The predicted molar refractivity (Wildman–Crippen MR) is 59.8 cm³/mol. The summed E-state index contributed by atoms with van der Waals surface area (Å²) in [6, 6.07) is -0.501. The van der Waals surface area contributed by atoms with Gasteiger partial charge in [0.2, 0.25) is 0 Å². The molecule has 2 N–H and O–H groups in total. The van der Waals surface area contributed by atoms with Gasteiger partial charge in [0.25, 0.3) is 0 Å². The van der Waals surface area contributed by atoms with Crippen molar-refractivity contribution in [2.24, 2.45) is 4.99 Å². The van der Waals surface area contributed by atoms with E-state index in [1.165, 1.54) is 0 Å². The molecule has 0 aliphatic carbocycles. The first kappa shape index (κ1) is 15.4. The van der Waals surface area contributed by atoms with E-state index in [0.717, 1.165) is 6.42 Å². The van der Waals surface area contributed by atoms with E-state index in [2.05, 4.69) is 10.3 Å². The number of nitrogens with zero attached hydrogens (tertiary/aromatic N) is 1. The summed E-state index contributed by atoms with van der Waals surface area (Å²) in [6.45, 7) is 7.71. The number of carboxylic acid groups (broad SMARTS) is 1. The van der Waals surface area contributed by atoms with Crippen molar-refractivity contribution in [3.8, 4) is 0 Å². The van der Waals surface area contributed by atoms with Crippen LogP contribution in [0, 0.1) is 0 Å². The van der Waals surface area contributed by atoms with E-state index in [9.17, 15) is 4.79 Å². The van der Waals surface area contributed by atoms with Gasteiger partial charge in [0.1, 0.15) is 6.04 Å². The lowest BCUT2D eigenvalue weighted by Crippen LogP contribution is -2.39. The lowest BCUT2D eigenvalue weighted by Gasteiger charge is -2.13. The Hall–Kier alpha value is -1.06. The highest BCUT2D eigenvalue weighted by molar-refractivity contribution is 5.85. The SMILES string of the molecule is CC.CCCC(NC(C)=NC)C(=O)O. The van der Waals surface area contributed by atoms with Gasteiger partial charge in [0, 0.05) is 7.05 Å². The summed E-state index contributed by atoms with van der Waals surface area (Å²) >= 11 is 0. The third kappa shape index (κ3) is 7.58. The summed E-state index contributed by atoms with van der Waals surface area (Å²) < 4.78 is 0. The highest BCUT2D eigenvalue weighted by atomic mass is 16.4. The van der Waals surface area contributed by atoms with Gasteiger partial charge in [0.05, 0.1) is 5.84 Å². The van der Waals surface area contributed by atoms with Gasteiger partial charge in [-0.1, -0.05) is 27.2 Å². The molecule has 14 heavy (non-hydrogen) atoms. The van der Waals surface area contributed by atoms with E-state index >= 15 is 0 Å². The van der Waals surface area contributed by atoms with E-state index in [1.807, 2.05) is 20.8 Å². The van der Waals surface area contributed by atoms with Crippen LogP contribution >= 0.6 is 0 Å². The average molecular weight is 202 g/mol. The lowest BCUT2D eigenvalue weighted by molar-refractivity contribution is -0.139. The Morgan fingerprint density at radius 3 is 2.29 bits per heavy atom. The standard InChI is InChI=1S/C8H16N2O2.C2H6/c1-4-5-7(8(11)12)10-6(2)9-3;1-2/h7H,4-5H2,1-3H3,(H,9,10)(H,11,12);1-2H3. The van der Waals surface area contributed by atoms with Crippen LogP contribution in [0.2, 0.25) is 0 Å². The molecule has 0 aromatic rings. The minimum atomic E-state index is -0.820. The van der Waals surface area contributed by atoms with Crippen LogP contribution in [0.25, 0.3) is 0 Å². The maximum absolute atomic E-state index is 10.6. The maximum atomic E-state index is 10.6. The average Bonchev–Trinajstić information content (AvgIpc) is 2.19. The number of nitrogens with one attached hydrogen (secondary N) is 1. The van der Waals surface area contributed by atoms with Gasteiger partial charge in [-0.2, -0.15) is 0 Å². The number of hydrogen-bond acceptors (Lipinski definition) is 2. The molecule has 0 aromatic carbocycles. The number of aliphatic carboxylic acids is 1. The fraction of sp³-hybridized carbons (Fsp3) is 0.800.